The molecule has 1 N–H and O–H groups in total. The summed E-state index contributed by atoms with van der Waals surface area (Å²) in [5.74, 6) is 6.19. The first-order valence-electron chi connectivity index (χ1n) is 14.4. The molecule has 1 aliphatic carbocycles. The number of hydrogen-bond donors (Lipinski definition) is 1. The number of nitrogens with zero attached hydrogens (tertiary/aromatic N) is 5. The Hall–Kier alpha value is -3.01. The van der Waals surface area contributed by atoms with Gasteiger partial charge in [0, 0.05) is 60.3 Å². The first-order chi connectivity index (χ1) is 19.2. The molecule has 2 bridgehead atoms. The van der Waals surface area contributed by atoms with E-state index in [1.807, 2.05) is 19.2 Å². The molecule has 3 aromatic rings. The van der Waals surface area contributed by atoms with Crippen LogP contribution in [0.1, 0.15) is 49.2 Å². The molecule has 1 aromatic carbocycles. The van der Waals surface area contributed by atoms with Gasteiger partial charge in [0.15, 0.2) is 0 Å². The molecule has 9 heteroatoms. The van der Waals surface area contributed by atoms with Crippen molar-refractivity contribution in [2.75, 3.05) is 31.1 Å². The Morgan fingerprint density at radius 2 is 2.05 bits per heavy atom. The number of aryl methyl sites for hydroxylation is 2. The van der Waals surface area contributed by atoms with Crippen molar-refractivity contribution in [1.29, 1.82) is 0 Å². The van der Waals surface area contributed by atoms with Gasteiger partial charge in [0.2, 0.25) is 0 Å². The summed E-state index contributed by atoms with van der Waals surface area (Å²) < 4.78 is 22.4. The maximum atomic E-state index is 14.1. The lowest BCUT2D eigenvalue weighted by Crippen LogP contribution is -2.46. The number of pyridine rings is 1. The zero-order valence-electron chi connectivity index (χ0n) is 23.7. The number of rotatable bonds is 4. The van der Waals surface area contributed by atoms with Crippen LogP contribution in [0.15, 0.2) is 41.7 Å². The zero-order chi connectivity index (χ0) is 27.6. The minimum Gasteiger partial charge on any atom is -0.491 e. The number of hydrogen-bond acceptors (Lipinski definition) is 7. The molecule has 2 aromatic heterocycles. The highest BCUT2D eigenvalue weighted by atomic mass is 32.2. The predicted octanol–water partition coefficient (Wildman–Crippen LogP) is 3.80. The zero-order valence-corrected chi connectivity index (χ0v) is 24.5. The maximum absolute atomic E-state index is 14.1. The smallest absolute Gasteiger partial charge is 0.135 e. The molecular weight excluding hydrogens is 520 g/mol. The molecule has 0 spiro atoms. The van der Waals surface area contributed by atoms with Crippen molar-refractivity contribution in [1.82, 2.24) is 24.6 Å². The third-order valence-corrected chi connectivity index (χ3v) is 11.5. The van der Waals surface area contributed by atoms with E-state index in [0.29, 0.717) is 19.2 Å². The SMILES string of the molecule is C=S(=O)(c1cc(-c2ccc3c(c2)CN(c2ncnc4c2CC(C)(C)CC4)CCO3)cnc1C)N1CC2C[C@H]1CN2. The monoisotopic (exact) mass is 558 g/mol. The van der Waals surface area contributed by atoms with Crippen LogP contribution in [0.2, 0.25) is 0 Å². The molecule has 8 nitrogen and oxygen atoms in total. The van der Waals surface area contributed by atoms with E-state index in [1.165, 1.54) is 11.3 Å². The summed E-state index contributed by atoms with van der Waals surface area (Å²) in [6.07, 6.45) is 7.76. The fraction of sp³-hybridized carbons (Fsp3) is 0.484. The fourth-order valence-corrected chi connectivity index (χ4v) is 9.03. The van der Waals surface area contributed by atoms with Crippen molar-refractivity contribution in [2.45, 2.75) is 70.0 Å². The molecule has 5 heterocycles. The van der Waals surface area contributed by atoms with E-state index < -0.39 is 9.71 Å². The van der Waals surface area contributed by atoms with Crippen LogP contribution in [0.5, 0.6) is 5.75 Å². The maximum Gasteiger partial charge on any atom is 0.135 e. The van der Waals surface area contributed by atoms with Gasteiger partial charge in [-0.2, -0.15) is 0 Å². The van der Waals surface area contributed by atoms with Gasteiger partial charge in [0.1, 0.15) is 24.5 Å². The van der Waals surface area contributed by atoms with Crippen LogP contribution in [-0.2, 0) is 29.1 Å². The summed E-state index contributed by atoms with van der Waals surface area (Å²) in [7, 11) is -2.63. The fourth-order valence-electron chi connectivity index (χ4n) is 6.89. The molecule has 2 saturated heterocycles. The standard InChI is InChI=1S/C31H38N6O2S/c1-20-29(40(4,38)37-18-24-13-25(37)16-33-24)12-22(15-32-20)21-5-6-28-23(11-21)17-36(9-10-39-28)30-26-14-31(2,3)8-7-27(26)34-19-35-30/h5-6,11-12,15,19,24-25,33H,4,7-10,13-14,16-18H2,1-3H3/t24?,25-,40?/m0/s1. The Morgan fingerprint density at radius 1 is 1.18 bits per heavy atom. The van der Waals surface area contributed by atoms with Crippen molar-refractivity contribution in [3.05, 3.63) is 59.3 Å². The molecule has 7 rings (SSSR count). The topological polar surface area (TPSA) is 83.5 Å². The molecule has 0 saturated carbocycles. The highest BCUT2D eigenvalue weighted by Gasteiger charge is 2.42. The van der Waals surface area contributed by atoms with E-state index in [0.717, 1.165) is 84.2 Å². The predicted molar refractivity (Wildman–Crippen MR) is 159 cm³/mol. The molecule has 0 radical (unpaired) electrons. The average molecular weight is 559 g/mol. The quantitative estimate of drug-likeness (QED) is 0.488. The van der Waals surface area contributed by atoms with Gasteiger partial charge in [-0.15, -0.1) is 0 Å². The van der Waals surface area contributed by atoms with E-state index in [4.69, 9.17) is 14.7 Å². The summed E-state index contributed by atoms with van der Waals surface area (Å²) >= 11 is 0. The van der Waals surface area contributed by atoms with Gasteiger partial charge in [-0.1, -0.05) is 19.9 Å². The Morgan fingerprint density at radius 3 is 2.85 bits per heavy atom. The van der Waals surface area contributed by atoms with Gasteiger partial charge in [0.05, 0.1) is 26.8 Å². The van der Waals surface area contributed by atoms with Gasteiger partial charge >= 0.3 is 0 Å². The largest absolute Gasteiger partial charge is 0.491 e. The molecule has 3 atom stereocenters. The number of anilines is 1. The molecule has 2 unspecified atom stereocenters. The number of nitrogens with one attached hydrogen (secondary N) is 1. The number of piperazine rings is 1. The van der Waals surface area contributed by atoms with Crippen LogP contribution in [0.3, 0.4) is 0 Å². The van der Waals surface area contributed by atoms with Crippen molar-refractivity contribution in [2.24, 2.45) is 5.41 Å². The second kappa shape index (κ2) is 9.53. The van der Waals surface area contributed by atoms with E-state index in [2.05, 4.69) is 57.4 Å². The Balaban J connectivity index is 1.21. The second-order valence-corrected chi connectivity index (χ2v) is 14.8. The first kappa shape index (κ1) is 25.9. The summed E-state index contributed by atoms with van der Waals surface area (Å²) in [5, 5.41) is 3.50. The average Bonchev–Trinajstić information content (AvgIpc) is 3.51. The normalized spacial score (nSPS) is 25.0. The lowest BCUT2D eigenvalue weighted by atomic mass is 9.76. The molecule has 2 fully saturated rings. The van der Waals surface area contributed by atoms with E-state index in [9.17, 15) is 4.21 Å². The van der Waals surface area contributed by atoms with E-state index in [1.54, 1.807) is 6.33 Å². The summed E-state index contributed by atoms with van der Waals surface area (Å²) in [5.41, 5.74) is 6.57. The molecule has 3 aliphatic heterocycles. The summed E-state index contributed by atoms with van der Waals surface area (Å²) in [6.45, 7) is 10.3. The summed E-state index contributed by atoms with van der Waals surface area (Å²) in [4.78, 5) is 17.2. The Kier molecular flexibility index (Phi) is 6.18. The second-order valence-electron chi connectivity index (χ2n) is 12.6. The van der Waals surface area contributed by atoms with Crippen molar-refractivity contribution < 1.29 is 8.95 Å². The van der Waals surface area contributed by atoms with E-state index in [-0.39, 0.29) is 11.5 Å². The van der Waals surface area contributed by atoms with Gasteiger partial charge in [-0.25, -0.2) is 18.5 Å². The van der Waals surface area contributed by atoms with Crippen molar-refractivity contribution >= 4 is 21.4 Å². The van der Waals surface area contributed by atoms with Gasteiger partial charge < -0.3 is 15.0 Å². The highest BCUT2D eigenvalue weighted by molar-refractivity contribution is 7.98. The van der Waals surface area contributed by atoms with Crippen LogP contribution in [0.25, 0.3) is 11.1 Å². The lowest BCUT2D eigenvalue weighted by Gasteiger charge is -2.33. The van der Waals surface area contributed by atoms with Crippen LogP contribution < -0.4 is 15.0 Å². The van der Waals surface area contributed by atoms with Crippen LogP contribution in [0.4, 0.5) is 5.82 Å². The van der Waals surface area contributed by atoms with Crippen molar-refractivity contribution in [3.63, 3.8) is 0 Å². The lowest BCUT2D eigenvalue weighted by molar-refractivity contribution is 0.310. The molecular formula is C31H38N6O2S. The molecule has 40 heavy (non-hydrogen) atoms. The number of ether oxygens (including phenoxy) is 1. The van der Waals surface area contributed by atoms with Gasteiger partial charge in [-0.3, -0.25) is 4.98 Å². The van der Waals surface area contributed by atoms with Gasteiger partial charge in [-0.05, 0) is 67.7 Å². The minimum absolute atomic E-state index is 0.244. The minimum atomic E-state index is -2.63. The van der Waals surface area contributed by atoms with Crippen molar-refractivity contribution in [3.8, 4) is 16.9 Å². The molecule has 4 aliphatic rings. The Labute approximate surface area is 237 Å². The van der Waals surface area contributed by atoms with Gasteiger partial charge in [0.25, 0.3) is 0 Å². The van der Waals surface area contributed by atoms with Crippen LogP contribution in [-0.4, -0.2) is 67.7 Å². The number of aromatic nitrogens is 3. The van der Waals surface area contributed by atoms with E-state index >= 15 is 0 Å². The Bertz CT molecular complexity index is 1590. The van der Waals surface area contributed by atoms with Crippen LogP contribution in [0, 0.1) is 12.3 Å². The van der Waals surface area contributed by atoms with Crippen LogP contribution >= 0.6 is 0 Å². The number of fused-ring (bicyclic) bond motifs is 4. The summed E-state index contributed by atoms with van der Waals surface area (Å²) in [6, 6.07) is 9.03. The highest BCUT2D eigenvalue weighted by Crippen LogP contribution is 2.39. The molecule has 210 valence electrons. The number of benzene rings is 1. The molecule has 0 amide bonds. The first-order valence-corrected chi connectivity index (χ1v) is 16.0. The third kappa shape index (κ3) is 4.48. The third-order valence-electron chi connectivity index (χ3n) is 9.15.